The second-order valence-electron chi connectivity index (χ2n) is 11.9. The zero-order valence-corrected chi connectivity index (χ0v) is 25.6. The molecular weight excluding hydrogens is 574 g/mol. The first-order chi connectivity index (χ1) is 23.1. The SMILES string of the molecule is O=C1/C(=C\c2ccc(N(c3ccc(-c4ccccc4)cc3)c3ccc(-c4ccccc4)cc3)cc2)C(O)c2cc3ccccc3cc21. The third-order valence-corrected chi connectivity index (χ3v) is 8.95. The average molecular weight is 606 g/mol. The maximum Gasteiger partial charge on any atom is 0.192 e. The van der Waals surface area contributed by atoms with E-state index >= 15 is 0 Å². The Morgan fingerprint density at radius 3 is 1.43 bits per heavy atom. The van der Waals surface area contributed by atoms with Gasteiger partial charge in [0, 0.05) is 28.2 Å². The molecule has 224 valence electrons. The van der Waals surface area contributed by atoms with Crippen LogP contribution in [-0.4, -0.2) is 10.9 Å². The molecule has 0 aliphatic heterocycles. The van der Waals surface area contributed by atoms with Crippen molar-refractivity contribution in [3.8, 4) is 22.3 Å². The second kappa shape index (κ2) is 12.1. The summed E-state index contributed by atoms with van der Waals surface area (Å²) in [4.78, 5) is 15.7. The standard InChI is InChI=1S/C44H31NO2/c46-43-40-28-35-13-7-8-14-36(35)29-41(40)44(47)42(43)27-30-15-21-37(22-16-30)45(38-23-17-33(18-24-38)31-9-3-1-4-10-31)39-25-19-34(20-26-39)32-11-5-2-6-12-32/h1-29,43,46H/b42-27-. The Kier molecular flexibility index (Phi) is 7.29. The minimum Gasteiger partial charge on any atom is -0.383 e. The lowest BCUT2D eigenvalue weighted by atomic mass is 10.0. The molecule has 0 heterocycles. The smallest absolute Gasteiger partial charge is 0.192 e. The number of carbonyl (C=O) groups is 1. The van der Waals surface area contributed by atoms with Crippen molar-refractivity contribution in [3.05, 3.63) is 192 Å². The molecule has 0 bridgehead atoms. The lowest BCUT2D eigenvalue weighted by Gasteiger charge is -2.26. The van der Waals surface area contributed by atoms with E-state index < -0.39 is 6.10 Å². The van der Waals surface area contributed by atoms with Crippen molar-refractivity contribution in [3.63, 3.8) is 0 Å². The van der Waals surface area contributed by atoms with Gasteiger partial charge in [-0.3, -0.25) is 4.79 Å². The monoisotopic (exact) mass is 605 g/mol. The fourth-order valence-electron chi connectivity index (χ4n) is 6.49. The van der Waals surface area contributed by atoms with Crippen molar-refractivity contribution < 1.29 is 9.90 Å². The van der Waals surface area contributed by atoms with Crippen LogP contribution in [-0.2, 0) is 0 Å². The van der Waals surface area contributed by atoms with Gasteiger partial charge in [0.05, 0.1) is 0 Å². The molecule has 7 aromatic rings. The van der Waals surface area contributed by atoms with Gasteiger partial charge in [-0.1, -0.05) is 121 Å². The minimum absolute atomic E-state index is 0.124. The van der Waals surface area contributed by atoms with Gasteiger partial charge >= 0.3 is 0 Å². The summed E-state index contributed by atoms with van der Waals surface area (Å²) in [5, 5.41) is 13.2. The fourth-order valence-corrected chi connectivity index (χ4v) is 6.49. The molecule has 1 atom stereocenters. The highest BCUT2D eigenvalue weighted by Crippen LogP contribution is 2.40. The molecule has 0 amide bonds. The van der Waals surface area contributed by atoms with Crippen LogP contribution in [0, 0.1) is 0 Å². The van der Waals surface area contributed by atoms with Crippen LogP contribution in [0.15, 0.2) is 175 Å². The van der Waals surface area contributed by atoms with Gasteiger partial charge in [-0.25, -0.2) is 0 Å². The molecule has 0 fully saturated rings. The predicted octanol–water partition coefficient (Wildman–Crippen LogP) is 11.0. The van der Waals surface area contributed by atoms with Gasteiger partial charge in [-0.05, 0) is 98.8 Å². The Morgan fingerprint density at radius 2 is 0.915 bits per heavy atom. The van der Waals surface area contributed by atoms with Gasteiger partial charge in [0.25, 0.3) is 0 Å². The Bertz CT molecular complexity index is 2150. The predicted molar refractivity (Wildman–Crippen MR) is 193 cm³/mol. The van der Waals surface area contributed by atoms with Crippen LogP contribution in [0.25, 0.3) is 39.1 Å². The molecule has 0 radical (unpaired) electrons. The molecule has 0 aromatic heterocycles. The lowest BCUT2D eigenvalue weighted by Crippen LogP contribution is -2.09. The Hall–Kier alpha value is -6.03. The molecule has 7 aromatic carbocycles. The number of hydrogen-bond acceptors (Lipinski definition) is 3. The van der Waals surface area contributed by atoms with Gasteiger partial charge in [-0.15, -0.1) is 0 Å². The van der Waals surface area contributed by atoms with E-state index in [2.05, 4.69) is 114 Å². The van der Waals surface area contributed by atoms with E-state index in [-0.39, 0.29) is 5.78 Å². The summed E-state index contributed by atoms with van der Waals surface area (Å²) >= 11 is 0. The van der Waals surface area contributed by atoms with Crippen LogP contribution in [0.1, 0.15) is 27.6 Å². The summed E-state index contributed by atoms with van der Waals surface area (Å²) in [6, 6.07) is 57.9. The summed E-state index contributed by atoms with van der Waals surface area (Å²) in [7, 11) is 0. The third-order valence-electron chi connectivity index (χ3n) is 8.95. The van der Waals surface area contributed by atoms with Crippen LogP contribution in [0.4, 0.5) is 17.1 Å². The van der Waals surface area contributed by atoms with Crippen LogP contribution < -0.4 is 4.90 Å². The van der Waals surface area contributed by atoms with Gasteiger partial charge in [0.1, 0.15) is 6.10 Å². The first-order valence-electron chi connectivity index (χ1n) is 15.8. The molecule has 0 saturated heterocycles. The average Bonchev–Trinajstić information content (AvgIpc) is 3.36. The maximum absolute atomic E-state index is 13.4. The van der Waals surface area contributed by atoms with Crippen molar-refractivity contribution in [2.75, 3.05) is 4.90 Å². The van der Waals surface area contributed by atoms with Gasteiger partial charge in [0.15, 0.2) is 5.78 Å². The maximum atomic E-state index is 13.4. The molecule has 3 heteroatoms. The number of rotatable bonds is 6. The summed E-state index contributed by atoms with van der Waals surface area (Å²) < 4.78 is 0. The Labute approximate surface area is 274 Å². The van der Waals surface area contributed by atoms with Gasteiger partial charge in [-0.2, -0.15) is 0 Å². The van der Waals surface area contributed by atoms with Crippen molar-refractivity contribution in [2.45, 2.75) is 6.10 Å². The molecule has 0 spiro atoms. The van der Waals surface area contributed by atoms with Crippen LogP contribution in [0.5, 0.6) is 0 Å². The number of ketones is 1. The quantitative estimate of drug-likeness (QED) is 0.192. The highest BCUT2D eigenvalue weighted by molar-refractivity contribution is 6.18. The van der Waals surface area contributed by atoms with E-state index in [0.717, 1.165) is 44.5 Å². The minimum atomic E-state index is -0.954. The van der Waals surface area contributed by atoms with E-state index in [0.29, 0.717) is 16.7 Å². The number of Topliss-reactive ketones (excluding diaryl/α,β-unsaturated/α-hetero) is 1. The third kappa shape index (κ3) is 5.43. The van der Waals surface area contributed by atoms with Crippen LogP contribution in [0.3, 0.4) is 0 Å². The summed E-state index contributed by atoms with van der Waals surface area (Å²) in [6.45, 7) is 0. The summed E-state index contributed by atoms with van der Waals surface area (Å²) in [5.74, 6) is -0.124. The number of carbonyl (C=O) groups excluding carboxylic acids is 1. The number of aliphatic hydroxyl groups is 1. The van der Waals surface area contributed by atoms with Crippen molar-refractivity contribution in [1.29, 1.82) is 0 Å². The van der Waals surface area contributed by atoms with E-state index in [4.69, 9.17) is 0 Å². The summed E-state index contributed by atoms with van der Waals surface area (Å²) in [6.07, 6.45) is 0.860. The highest BCUT2D eigenvalue weighted by Gasteiger charge is 2.33. The number of fused-ring (bicyclic) bond motifs is 2. The van der Waals surface area contributed by atoms with E-state index in [1.807, 2.05) is 66.7 Å². The molecular formula is C44H31NO2. The van der Waals surface area contributed by atoms with E-state index in [1.165, 1.54) is 11.1 Å². The first kappa shape index (κ1) is 28.4. The van der Waals surface area contributed by atoms with Gasteiger partial charge < -0.3 is 10.0 Å². The van der Waals surface area contributed by atoms with Crippen molar-refractivity contribution in [2.24, 2.45) is 0 Å². The largest absolute Gasteiger partial charge is 0.383 e. The summed E-state index contributed by atoms with van der Waals surface area (Å²) in [5.41, 5.74) is 10.2. The Balaban J connectivity index is 1.14. The Morgan fingerprint density at radius 1 is 0.489 bits per heavy atom. The molecule has 1 N–H and O–H groups in total. The number of anilines is 3. The molecule has 47 heavy (non-hydrogen) atoms. The van der Waals surface area contributed by atoms with E-state index in [9.17, 15) is 9.90 Å². The zero-order valence-electron chi connectivity index (χ0n) is 25.6. The zero-order chi connectivity index (χ0) is 31.7. The molecule has 1 unspecified atom stereocenters. The lowest BCUT2D eigenvalue weighted by molar-refractivity contribution is 0.102. The highest BCUT2D eigenvalue weighted by atomic mass is 16.3. The van der Waals surface area contributed by atoms with Crippen LogP contribution >= 0.6 is 0 Å². The number of hydrogen-bond donors (Lipinski definition) is 1. The van der Waals surface area contributed by atoms with Crippen molar-refractivity contribution in [1.82, 2.24) is 0 Å². The molecule has 1 aliphatic rings. The molecule has 0 saturated carbocycles. The molecule has 1 aliphatic carbocycles. The van der Waals surface area contributed by atoms with Crippen LogP contribution in [0.2, 0.25) is 0 Å². The molecule has 8 rings (SSSR count). The number of aliphatic hydroxyl groups excluding tert-OH is 1. The second-order valence-corrected chi connectivity index (χ2v) is 11.9. The normalized spacial score (nSPS) is 14.8. The number of nitrogens with zero attached hydrogens (tertiary/aromatic N) is 1. The van der Waals surface area contributed by atoms with E-state index in [1.54, 1.807) is 0 Å². The van der Waals surface area contributed by atoms with Gasteiger partial charge in [0.2, 0.25) is 0 Å². The number of benzene rings is 7. The van der Waals surface area contributed by atoms with Crippen molar-refractivity contribution >= 4 is 39.7 Å². The topological polar surface area (TPSA) is 40.5 Å². The first-order valence-corrected chi connectivity index (χ1v) is 15.8. The fraction of sp³-hybridized carbons (Fsp3) is 0.0227. The molecule has 3 nitrogen and oxygen atoms in total.